The van der Waals surface area contributed by atoms with Crippen LogP contribution in [0.5, 0.6) is 0 Å². The van der Waals surface area contributed by atoms with E-state index in [0.717, 1.165) is 5.69 Å². The largest absolute Gasteiger partial charge is 0.289 e. The Balaban J connectivity index is 2.99. The van der Waals surface area contributed by atoms with Crippen molar-refractivity contribution in [2.75, 3.05) is 0 Å². The molecular formula is C7H11N3OS. The second-order valence-corrected chi connectivity index (χ2v) is 3.55. The second kappa shape index (κ2) is 3.64. The predicted molar refractivity (Wildman–Crippen MR) is 47.9 cm³/mol. The van der Waals surface area contributed by atoms with Gasteiger partial charge in [0.15, 0.2) is 0 Å². The number of aromatic nitrogens is 1. The summed E-state index contributed by atoms with van der Waals surface area (Å²) in [4.78, 5) is 15.8. The topological polar surface area (TPSA) is 68.0 Å². The van der Waals surface area contributed by atoms with Crippen LogP contribution < -0.4 is 11.3 Å². The minimum absolute atomic E-state index is 0.253. The van der Waals surface area contributed by atoms with E-state index >= 15 is 0 Å². The number of nitrogens with two attached hydrogens (primary N) is 1. The number of amides is 1. The van der Waals surface area contributed by atoms with Gasteiger partial charge in [-0.05, 0) is 5.92 Å². The molecule has 0 aliphatic rings. The molecule has 0 bridgehead atoms. The number of carbonyl (C=O) groups is 1. The summed E-state index contributed by atoms with van der Waals surface area (Å²) >= 11 is 1.31. The molecule has 12 heavy (non-hydrogen) atoms. The number of nitrogen functional groups attached to an aromatic ring is 1. The van der Waals surface area contributed by atoms with Crippen LogP contribution in [0.1, 0.15) is 35.1 Å². The summed E-state index contributed by atoms with van der Waals surface area (Å²) in [6.07, 6.45) is 0. The molecular weight excluding hydrogens is 174 g/mol. The fraction of sp³-hybridized carbons (Fsp3) is 0.429. The summed E-state index contributed by atoms with van der Waals surface area (Å²) < 4.78 is 0. The summed E-state index contributed by atoms with van der Waals surface area (Å²) in [5.41, 5.74) is 4.56. The SMILES string of the molecule is CC(C)c1ncsc1C(=O)NN. The van der Waals surface area contributed by atoms with E-state index in [2.05, 4.69) is 10.4 Å². The summed E-state index contributed by atoms with van der Waals surface area (Å²) in [5, 5.41) is 0. The minimum atomic E-state index is -0.263. The molecule has 0 radical (unpaired) electrons. The molecule has 4 nitrogen and oxygen atoms in total. The number of nitrogens with one attached hydrogen (secondary N) is 1. The average molecular weight is 185 g/mol. The number of hydrogen-bond acceptors (Lipinski definition) is 4. The molecule has 0 aliphatic heterocycles. The minimum Gasteiger partial charge on any atom is -0.289 e. The van der Waals surface area contributed by atoms with Crippen LogP contribution in [0.3, 0.4) is 0 Å². The Morgan fingerprint density at radius 1 is 1.75 bits per heavy atom. The van der Waals surface area contributed by atoms with Gasteiger partial charge in [-0.15, -0.1) is 11.3 Å². The van der Waals surface area contributed by atoms with Crippen molar-refractivity contribution in [2.24, 2.45) is 5.84 Å². The molecule has 1 aromatic heterocycles. The molecule has 0 atom stereocenters. The van der Waals surface area contributed by atoms with Crippen molar-refractivity contribution >= 4 is 17.2 Å². The van der Waals surface area contributed by atoms with E-state index in [1.807, 2.05) is 13.8 Å². The van der Waals surface area contributed by atoms with Gasteiger partial charge in [0.1, 0.15) is 4.88 Å². The van der Waals surface area contributed by atoms with Crippen LogP contribution in [0.2, 0.25) is 0 Å². The van der Waals surface area contributed by atoms with Crippen LogP contribution in [0.25, 0.3) is 0 Å². The van der Waals surface area contributed by atoms with Crippen molar-refractivity contribution < 1.29 is 4.79 Å². The average Bonchev–Trinajstić information content (AvgIpc) is 2.50. The summed E-state index contributed by atoms with van der Waals surface area (Å²) in [5.74, 6) is 5.00. The third kappa shape index (κ3) is 1.62. The molecule has 0 aromatic carbocycles. The van der Waals surface area contributed by atoms with Gasteiger partial charge < -0.3 is 0 Å². The molecule has 1 aromatic rings. The van der Waals surface area contributed by atoms with Gasteiger partial charge in [-0.25, -0.2) is 10.8 Å². The van der Waals surface area contributed by atoms with Gasteiger partial charge in [-0.1, -0.05) is 13.8 Å². The third-order valence-corrected chi connectivity index (χ3v) is 2.32. The number of thiazole rings is 1. The lowest BCUT2D eigenvalue weighted by molar-refractivity contribution is 0.0956. The first-order valence-corrected chi connectivity index (χ1v) is 4.49. The van der Waals surface area contributed by atoms with Crippen molar-refractivity contribution in [1.82, 2.24) is 10.4 Å². The first-order valence-electron chi connectivity index (χ1n) is 3.61. The Morgan fingerprint density at radius 2 is 2.42 bits per heavy atom. The zero-order valence-corrected chi connectivity index (χ0v) is 7.81. The molecule has 0 unspecified atom stereocenters. The van der Waals surface area contributed by atoms with Gasteiger partial charge in [-0.3, -0.25) is 10.2 Å². The zero-order valence-electron chi connectivity index (χ0n) is 7.00. The molecule has 66 valence electrons. The second-order valence-electron chi connectivity index (χ2n) is 2.69. The fourth-order valence-electron chi connectivity index (χ4n) is 0.901. The standard InChI is InChI=1S/C7H11N3OS/c1-4(2)5-6(7(11)10-8)12-3-9-5/h3-4H,8H2,1-2H3,(H,10,11). The Bertz CT molecular complexity index is 282. The lowest BCUT2D eigenvalue weighted by Crippen LogP contribution is -2.30. The number of carbonyl (C=O) groups excluding carboxylic acids is 1. The molecule has 0 spiro atoms. The van der Waals surface area contributed by atoms with Crippen molar-refractivity contribution in [3.8, 4) is 0 Å². The summed E-state index contributed by atoms with van der Waals surface area (Å²) in [7, 11) is 0. The highest BCUT2D eigenvalue weighted by Gasteiger charge is 2.15. The predicted octanol–water partition coefficient (Wildman–Crippen LogP) is 0.870. The maximum absolute atomic E-state index is 11.1. The number of hydrazine groups is 1. The highest BCUT2D eigenvalue weighted by molar-refractivity contribution is 7.11. The van der Waals surface area contributed by atoms with Gasteiger partial charge in [0.05, 0.1) is 11.2 Å². The van der Waals surface area contributed by atoms with Crippen molar-refractivity contribution in [3.63, 3.8) is 0 Å². The van der Waals surface area contributed by atoms with E-state index in [1.165, 1.54) is 11.3 Å². The molecule has 1 rings (SSSR count). The third-order valence-electron chi connectivity index (χ3n) is 1.48. The van der Waals surface area contributed by atoms with Crippen molar-refractivity contribution in [3.05, 3.63) is 16.1 Å². The monoisotopic (exact) mass is 185 g/mol. The van der Waals surface area contributed by atoms with Crippen LogP contribution in [0, 0.1) is 0 Å². The molecule has 0 aliphatic carbocycles. The molecule has 5 heteroatoms. The Labute approximate surface area is 74.8 Å². The van der Waals surface area contributed by atoms with Crippen LogP contribution in [0.15, 0.2) is 5.51 Å². The van der Waals surface area contributed by atoms with E-state index < -0.39 is 0 Å². The first-order chi connectivity index (χ1) is 5.66. The van der Waals surface area contributed by atoms with Crippen LogP contribution >= 0.6 is 11.3 Å². The van der Waals surface area contributed by atoms with Crippen LogP contribution in [0.4, 0.5) is 0 Å². The molecule has 0 saturated heterocycles. The number of rotatable bonds is 2. The lowest BCUT2D eigenvalue weighted by atomic mass is 10.1. The quantitative estimate of drug-likeness (QED) is 0.408. The molecule has 0 fully saturated rings. The Morgan fingerprint density at radius 3 is 2.92 bits per heavy atom. The van der Waals surface area contributed by atoms with Gasteiger partial charge in [-0.2, -0.15) is 0 Å². The van der Waals surface area contributed by atoms with E-state index in [-0.39, 0.29) is 11.8 Å². The smallest absolute Gasteiger partial charge is 0.277 e. The van der Waals surface area contributed by atoms with E-state index in [0.29, 0.717) is 4.88 Å². The Hall–Kier alpha value is -0.940. The fourth-order valence-corrected chi connectivity index (χ4v) is 1.75. The molecule has 1 heterocycles. The normalized spacial score (nSPS) is 10.3. The van der Waals surface area contributed by atoms with Gasteiger partial charge in [0, 0.05) is 0 Å². The van der Waals surface area contributed by atoms with Gasteiger partial charge >= 0.3 is 0 Å². The maximum atomic E-state index is 11.1. The summed E-state index contributed by atoms with van der Waals surface area (Å²) in [6.45, 7) is 3.98. The number of hydrogen-bond donors (Lipinski definition) is 2. The zero-order chi connectivity index (χ0) is 9.14. The van der Waals surface area contributed by atoms with Crippen molar-refractivity contribution in [1.29, 1.82) is 0 Å². The van der Waals surface area contributed by atoms with E-state index in [9.17, 15) is 4.79 Å². The molecule has 1 amide bonds. The summed E-state index contributed by atoms with van der Waals surface area (Å²) in [6, 6.07) is 0. The lowest BCUT2D eigenvalue weighted by Gasteiger charge is -2.02. The highest BCUT2D eigenvalue weighted by atomic mass is 32.1. The van der Waals surface area contributed by atoms with Crippen LogP contribution in [-0.4, -0.2) is 10.9 Å². The highest BCUT2D eigenvalue weighted by Crippen LogP contribution is 2.20. The molecule has 0 saturated carbocycles. The van der Waals surface area contributed by atoms with Crippen molar-refractivity contribution in [2.45, 2.75) is 19.8 Å². The van der Waals surface area contributed by atoms with Crippen LogP contribution in [-0.2, 0) is 0 Å². The van der Waals surface area contributed by atoms with Gasteiger partial charge in [0.25, 0.3) is 5.91 Å². The van der Waals surface area contributed by atoms with Gasteiger partial charge in [0.2, 0.25) is 0 Å². The number of nitrogens with zero attached hydrogens (tertiary/aromatic N) is 1. The molecule has 3 N–H and O–H groups in total. The van der Waals surface area contributed by atoms with E-state index in [4.69, 9.17) is 5.84 Å². The Kier molecular flexibility index (Phi) is 2.78. The van der Waals surface area contributed by atoms with E-state index in [1.54, 1.807) is 5.51 Å². The maximum Gasteiger partial charge on any atom is 0.277 e. The first kappa shape index (κ1) is 9.15.